The molecule has 0 saturated carbocycles. The Morgan fingerprint density at radius 1 is 1.22 bits per heavy atom. The Morgan fingerprint density at radius 2 is 1.78 bits per heavy atom. The molecule has 6 heteroatoms. The highest BCUT2D eigenvalue weighted by atomic mass is 16.3. The van der Waals surface area contributed by atoms with Crippen LogP contribution in [-0.2, 0) is 9.59 Å². The summed E-state index contributed by atoms with van der Waals surface area (Å²) in [6.07, 6.45) is -0.641. The maximum Gasteiger partial charge on any atom is 0.312 e. The largest absolute Gasteiger partial charge is 0.390 e. The van der Waals surface area contributed by atoms with Crippen molar-refractivity contribution in [1.82, 2.24) is 15.1 Å². The van der Waals surface area contributed by atoms with Gasteiger partial charge in [-0.1, -0.05) is 13.8 Å². The number of carbonyl (C=O) groups excluding carboxylic acids is 2. The third-order valence-electron chi connectivity index (χ3n) is 2.97. The molecule has 0 aromatic rings. The van der Waals surface area contributed by atoms with E-state index in [0.29, 0.717) is 26.2 Å². The molecule has 1 atom stereocenters. The SMILES string of the molecule is CCN1CCN(CC(O)CNC(C)C)C(=O)C1=O. The van der Waals surface area contributed by atoms with Crippen LogP contribution in [0, 0.1) is 0 Å². The number of rotatable bonds is 6. The molecule has 6 nitrogen and oxygen atoms in total. The van der Waals surface area contributed by atoms with Gasteiger partial charge < -0.3 is 20.2 Å². The predicted octanol–water partition coefficient (Wildman–Crippen LogP) is -0.964. The van der Waals surface area contributed by atoms with E-state index in [9.17, 15) is 14.7 Å². The second-order valence-electron chi connectivity index (χ2n) is 4.85. The van der Waals surface area contributed by atoms with Gasteiger partial charge >= 0.3 is 11.8 Å². The number of nitrogens with one attached hydrogen (secondary N) is 1. The molecule has 1 saturated heterocycles. The zero-order valence-corrected chi connectivity index (χ0v) is 11.3. The second-order valence-corrected chi connectivity index (χ2v) is 4.85. The van der Waals surface area contributed by atoms with Crippen LogP contribution in [0.2, 0.25) is 0 Å². The summed E-state index contributed by atoms with van der Waals surface area (Å²) in [5, 5.41) is 12.9. The van der Waals surface area contributed by atoms with Gasteiger partial charge in [0, 0.05) is 38.8 Å². The monoisotopic (exact) mass is 257 g/mol. The molecule has 1 aliphatic rings. The summed E-state index contributed by atoms with van der Waals surface area (Å²) >= 11 is 0. The van der Waals surface area contributed by atoms with Gasteiger partial charge in [-0.05, 0) is 6.92 Å². The van der Waals surface area contributed by atoms with E-state index < -0.39 is 17.9 Å². The summed E-state index contributed by atoms with van der Waals surface area (Å²) in [6.45, 7) is 8.05. The number of aliphatic hydroxyl groups excluding tert-OH is 1. The van der Waals surface area contributed by atoms with Crippen molar-refractivity contribution in [3.63, 3.8) is 0 Å². The number of carbonyl (C=O) groups is 2. The lowest BCUT2D eigenvalue weighted by atomic mass is 10.2. The van der Waals surface area contributed by atoms with Gasteiger partial charge in [-0.2, -0.15) is 0 Å². The number of amides is 2. The molecule has 0 spiro atoms. The van der Waals surface area contributed by atoms with E-state index >= 15 is 0 Å². The average Bonchev–Trinajstić information content (AvgIpc) is 2.33. The van der Waals surface area contributed by atoms with Crippen LogP contribution in [0.3, 0.4) is 0 Å². The first-order valence-corrected chi connectivity index (χ1v) is 6.45. The molecule has 18 heavy (non-hydrogen) atoms. The molecule has 0 aromatic carbocycles. The fourth-order valence-corrected chi connectivity index (χ4v) is 1.88. The Bertz CT molecular complexity index is 307. The van der Waals surface area contributed by atoms with Gasteiger partial charge in [-0.3, -0.25) is 9.59 Å². The molecule has 1 aliphatic heterocycles. The molecule has 0 bridgehead atoms. The number of aliphatic hydroxyl groups is 1. The Hall–Kier alpha value is -1.14. The van der Waals surface area contributed by atoms with Crippen LogP contribution >= 0.6 is 0 Å². The molecular weight excluding hydrogens is 234 g/mol. The molecular formula is C12H23N3O3. The van der Waals surface area contributed by atoms with Gasteiger partial charge in [0.2, 0.25) is 0 Å². The standard InChI is InChI=1S/C12H23N3O3/c1-4-14-5-6-15(12(18)11(14)17)8-10(16)7-13-9(2)3/h9-10,13,16H,4-8H2,1-3H3. The van der Waals surface area contributed by atoms with Gasteiger partial charge in [-0.25, -0.2) is 0 Å². The quantitative estimate of drug-likeness (QED) is 0.601. The molecule has 0 aromatic heterocycles. The molecule has 104 valence electrons. The molecule has 1 heterocycles. The first-order chi connectivity index (χ1) is 8.45. The lowest BCUT2D eigenvalue weighted by molar-refractivity contribution is -0.156. The zero-order chi connectivity index (χ0) is 13.7. The smallest absolute Gasteiger partial charge is 0.312 e. The van der Waals surface area contributed by atoms with Gasteiger partial charge in [0.05, 0.1) is 6.10 Å². The van der Waals surface area contributed by atoms with Crippen molar-refractivity contribution in [2.24, 2.45) is 0 Å². The van der Waals surface area contributed by atoms with Crippen molar-refractivity contribution in [1.29, 1.82) is 0 Å². The van der Waals surface area contributed by atoms with Crippen molar-refractivity contribution >= 4 is 11.8 Å². The van der Waals surface area contributed by atoms with Crippen LogP contribution in [0.15, 0.2) is 0 Å². The van der Waals surface area contributed by atoms with E-state index in [-0.39, 0.29) is 12.6 Å². The Morgan fingerprint density at radius 3 is 2.33 bits per heavy atom. The predicted molar refractivity (Wildman–Crippen MR) is 68.0 cm³/mol. The van der Waals surface area contributed by atoms with E-state index in [1.807, 2.05) is 20.8 Å². The van der Waals surface area contributed by atoms with Crippen molar-refractivity contribution in [3.8, 4) is 0 Å². The van der Waals surface area contributed by atoms with Crippen LogP contribution in [0.1, 0.15) is 20.8 Å². The fourth-order valence-electron chi connectivity index (χ4n) is 1.88. The minimum Gasteiger partial charge on any atom is -0.390 e. The van der Waals surface area contributed by atoms with Crippen molar-refractivity contribution in [2.75, 3.05) is 32.7 Å². The van der Waals surface area contributed by atoms with Crippen LogP contribution < -0.4 is 5.32 Å². The maximum absolute atomic E-state index is 11.8. The highest BCUT2D eigenvalue weighted by Crippen LogP contribution is 2.05. The highest BCUT2D eigenvalue weighted by molar-refractivity contribution is 6.35. The minimum absolute atomic E-state index is 0.210. The summed E-state index contributed by atoms with van der Waals surface area (Å²) in [6, 6.07) is 0.286. The maximum atomic E-state index is 11.8. The first kappa shape index (κ1) is 14.9. The molecule has 1 unspecified atom stereocenters. The summed E-state index contributed by atoms with van der Waals surface area (Å²) < 4.78 is 0. The number of hydrogen-bond donors (Lipinski definition) is 2. The molecule has 0 radical (unpaired) electrons. The lowest BCUT2D eigenvalue weighted by Crippen LogP contribution is -2.56. The van der Waals surface area contributed by atoms with Crippen LogP contribution in [0.25, 0.3) is 0 Å². The van der Waals surface area contributed by atoms with Gasteiger partial charge in [0.1, 0.15) is 0 Å². The number of likely N-dealkylation sites (N-methyl/N-ethyl adjacent to an activating group) is 1. The summed E-state index contributed by atoms with van der Waals surface area (Å²) in [5.41, 5.74) is 0. The Balaban J connectivity index is 2.43. The van der Waals surface area contributed by atoms with Gasteiger partial charge in [0.25, 0.3) is 0 Å². The number of hydrogen-bond acceptors (Lipinski definition) is 4. The lowest BCUT2D eigenvalue weighted by Gasteiger charge is -2.34. The number of piperazine rings is 1. The topological polar surface area (TPSA) is 72.9 Å². The average molecular weight is 257 g/mol. The van der Waals surface area contributed by atoms with Crippen molar-refractivity contribution in [2.45, 2.75) is 32.9 Å². The fraction of sp³-hybridized carbons (Fsp3) is 0.833. The Labute approximate surface area is 108 Å². The molecule has 2 N–H and O–H groups in total. The van der Waals surface area contributed by atoms with Crippen molar-refractivity contribution < 1.29 is 14.7 Å². The highest BCUT2D eigenvalue weighted by Gasteiger charge is 2.32. The zero-order valence-electron chi connectivity index (χ0n) is 11.3. The molecule has 2 amide bonds. The van der Waals surface area contributed by atoms with Gasteiger partial charge in [-0.15, -0.1) is 0 Å². The summed E-state index contributed by atoms with van der Waals surface area (Å²) in [7, 11) is 0. The third kappa shape index (κ3) is 3.96. The van der Waals surface area contributed by atoms with E-state index in [4.69, 9.17) is 0 Å². The van der Waals surface area contributed by atoms with E-state index in [1.54, 1.807) is 0 Å². The van der Waals surface area contributed by atoms with Crippen molar-refractivity contribution in [3.05, 3.63) is 0 Å². The van der Waals surface area contributed by atoms with Gasteiger partial charge in [0.15, 0.2) is 0 Å². The normalized spacial score (nSPS) is 18.7. The number of nitrogens with zero attached hydrogens (tertiary/aromatic N) is 2. The van der Waals surface area contributed by atoms with Crippen LogP contribution in [0.4, 0.5) is 0 Å². The molecule has 1 rings (SSSR count). The van der Waals surface area contributed by atoms with E-state index in [1.165, 1.54) is 9.80 Å². The third-order valence-corrected chi connectivity index (χ3v) is 2.97. The van der Waals surface area contributed by atoms with Crippen LogP contribution in [0.5, 0.6) is 0 Å². The van der Waals surface area contributed by atoms with E-state index in [2.05, 4.69) is 5.32 Å². The minimum atomic E-state index is -0.641. The summed E-state index contributed by atoms with van der Waals surface area (Å²) in [5.74, 6) is -0.973. The first-order valence-electron chi connectivity index (χ1n) is 6.45. The van der Waals surface area contributed by atoms with E-state index in [0.717, 1.165) is 0 Å². The number of β-amino-alcohol motifs (C(OH)–C–C–N with tert-alkyl or cyclic N) is 1. The second kappa shape index (κ2) is 6.70. The molecule has 1 fully saturated rings. The Kier molecular flexibility index (Phi) is 5.55. The summed E-state index contributed by atoms with van der Waals surface area (Å²) in [4.78, 5) is 26.4. The van der Waals surface area contributed by atoms with Crippen LogP contribution in [-0.4, -0.2) is 71.6 Å². The molecule has 0 aliphatic carbocycles.